The van der Waals surface area contributed by atoms with Crippen molar-refractivity contribution in [3.8, 4) is 0 Å². The van der Waals surface area contributed by atoms with Crippen LogP contribution in [0.3, 0.4) is 0 Å². The third-order valence-corrected chi connectivity index (χ3v) is 11.8. The van der Waals surface area contributed by atoms with Gasteiger partial charge in [-0.25, -0.2) is 26.5 Å². The molecule has 0 radical (unpaired) electrons. The fourth-order valence-corrected chi connectivity index (χ4v) is 8.50. The average molecular weight is 762 g/mol. The maximum atomic E-state index is 13.6. The minimum atomic E-state index is -4.05. The number of esters is 1. The smallest absolute Gasteiger partial charge is 0.307 e. The molecule has 1 aliphatic rings. The molecule has 0 aliphatic carbocycles. The van der Waals surface area contributed by atoms with Crippen LogP contribution < -0.4 is 15.8 Å². The van der Waals surface area contributed by atoms with Crippen LogP contribution in [0.2, 0.25) is 0 Å². The van der Waals surface area contributed by atoms with Gasteiger partial charge in [0.25, 0.3) is 10.0 Å². The fraction of sp³-hybridized carbons (Fsp3) is 0.375. The predicted octanol–water partition coefficient (Wildman–Crippen LogP) is 0.798. The lowest BCUT2D eigenvalue weighted by molar-refractivity contribution is -0.149. The zero-order valence-electron chi connectivity index (χ0n) is 27.9. The molecule has 0 unspecified atom stereocenters. The molecule has 1 aromatic heterocycles. The Morgan fingerprint density at radius 3 is 2.43 bits per heavy atom. The standard InChI is InChI=1S/C32H39N7O9S3/c1-22-10-12-24(13-11-22)51(46,47)37-32(33)35-14-6-9-25(29(42)30-34-15-18-49-30)36-27(40)20-38-16-17-39(26(31(38)43)19-28(41)48-2)50(44,45)21-23-7-4-3-5-8-23/h3-5,7-8,10-13,15,18,25-26H,6,9,14,16-17,19-21H2,1-2H3,(H,36,40)(H3,33,35,37)/t25-,26-/m0/s1. The van der Waals surface area contributed by atoms with Crippen molar-refractivity contribution in [2.45, 2.75) is 48.9 Å². The van der Waals surface area contributed by atoms with E-state index in [1.54, 1.807) is 47.8 Å². The summed E-state index contributed by atoms with van der Waals surface area (Å²) in [7, 11) is -6.90. The van der Waals surface area contributed by atoms with Gasteiger partial charge in [0, 0.05) is 31.2 Å². The van der Waals surface area contributed by atoms with Gasteiger partial charge < -0.3 is 20.7 Å². The molecule has 16 nitrogen and oxygen atoms in total. The number of hydrogen-bond acceptors (Lipinski definition) is 12. The fourth-order valence-electron chi connectivity index (χ4n) is 5.22. The largest absolute Gasteiger partial charge is 0.469 e. The van der Waals surface area contributed by atoms with Gasteiger partial charge in [-0.05, 0) is 37.5 Å². The van der Waals surface area contributed by atoms with Crippen LogP contribution in [0, 0.1) is 6.92 Å². The number of sulfonamides is 2. The van der Waals surface area contributed by atoms with Gasteiger partial charge in [-0.15, -0.1) is 11.3 Å². The maximum Gasteiger partial charge on any atom is 0.307 e. The number of thiazole rings is 1. The van der Waals surface area contributed by atoms with E-state index in [0.29, 0.717) is 5.56 Å². The third-order valence-electron chi connectivity index (χ3n) is 7.80. The summed E-state index contributed by atoms with van der Waals surface area (Å²) >= 11 is 1.08. The summed E-state index contributed by atoms with van der Waals surface area (Å²) < 4.78 is 59.9. The number of rotatable bonds is 16. The van der Waals surface area contributed by atoms with Crippen molar-refractivity contribution in [1.29, 1.82) is 0 Å². The van der Waals surface area contributed by atoms with Gasteiger partial charge >= 0.3 is 5.97 Å². The molecule has 2 heterocycles. The molecular weight excluding hydrogens is 723 g/mol. The van der Waals surface area contributed by atoms with Crippen molar-refractivity contribution in [2.75, 3.05) is 33.3 Å². The van der Waals surface area contributed by atoms with Gasteiger partial charge in [-0.3, -0.25) is 24.2 Å². The molecule has 19 heteroatoms. The minimum Gasteiger partial charge on any atom is -0.469 e. The van der Waals surface area contributed by atoms with Crippen molar-refractivity contribution in [3.63, 3.8) is 0 Å². The predicted molar refractivity (Wildman–Crippen MR) is 188 cm³/mol. The van der Waals surface area contributed by atoms with Crippen molar-refractivity contribution in [1.82, 2.24) is 24.2 Å². The number of nitrogens with two attached hydrogens (primary N) is 1. The first-order valence-electron chi connectivity index (χ1n) is 15.7. The first-order valence-corrected chi connectivity index (χ1v) is 19.7. The molecule has 1 aliphatic heterocycles. The van der Waals surface area contributed by atoms with Crippen LogP contribution in [0.25, 0.3) is 0 Å². The Morgan fingerprint density at radius 1 is 1.08 bits per heavy atom. The molecule has 1 fully saturated rings. The van der Waals surface area contributed by atoms with Gasteiger partial charge in [0.15, 0.2) is 5.01 Å². The number of carbonyl (C=O) groups excluding carboxylic acids is 4. The number of methoxy groups -OCH3 is 1. The number of ether oxygens (including phenoxy) is 1. The quantitative estimate of drug-likeness (QED) is 0.0608. The summed E-state index contributed by atoms with van der Waals surface area (Å²) in [6, 6.07) is 12.0. The number of ketones is 1. The van der Waals surface area contributed by atoms with Crippen LogP contribution in [0.4, 0.5) is 0 Å². The molecule has 51 heavy (non-hydrogen) atoms. The SMILES string of the molecule is COC(=O)C[C@H]1C(=O)N(CC(=O)N[C@@H](CCCN=C(N)NS(=O)(=O)c2ccc(C)cc2)C(=O)c2nccs2)CCN1S(=O)(=O)Cc1ccccc1. The van der Waals surface area contributed by atoms with Gasteiger partial charge in [-0.2, -0.15) is 4.31 Å². The van der Waals surface area contributed by atoms with Crippen molar-refractivity contribution < 1.29 is 40.8 Å². The summed E-state index contributed by atoms with van der Waals surface area (Å²) in [5, 5.41) is 4.38. The van der Waals surface area contributed by atoms with E-state index in [0.717, 1.165) is 33.2 Å². The Bertz CT molecular complexity index is 1940. The van der Waals surface area contributed by atoms with Crippen LogP contribution >= 0.6 is 11.3 Å². The van der Waals surface area contributed by atoms with E-state index in [2.05, 4.69) is 20.0 Å². The van der Waals surface area contributed by atoms with Crippen molar-refractivity contribution in [2.24, 2.45) is 10.7 Å². The molecule has 3 aromatic rings. The molecule has 2 amide bonds. The molecule has 4 rings (SSSR count). The number of aromatic nitrogens is 1. The highest BCUT2D eigenvalue weighted by atomic mass is 32.2. The highest BCUT2D eigenvalue weighted by Crippen LogP contribution is 2.22. The molecule has 0 spiro atoms. The van der Waals surface area contributed by atoms with E-state index in [4.69, 9.17) is 10.5 Å². The zero-order chi connectivity index (χ0) is 37.2. The molecule has 4 N–H and O–H groups in total. The Balaban J connectivity index is 1.41. The molecule has 1 saturated heterocycles. The molecular formula is C32H39N7O9S3. The van der Waals surface area contributed by atoms with E-state index in [-0.39, 0.29) is 48.3 Å². The minimum absolute atomic E-state index is 0.00683. The first kappa shape index (κ1) is 39.1. The summed E-state index contributed by atoms with van der Waals surface area (Å²) in [5.74, 6) is -3.51. The molecule has 2 atom stereocenters. The Hall–Kier alpha value is -4.72. The van der Waals surface area contributed by atoms with Gasteiger partial charge in [-0.1, -0.05) is 48.0 Å². The summed E-state index contributed by atoms with van der Waals surface area (Å²) in [4.78, 5) is 61.6. The highest BCUT2D eigenvalue weighted by Gasteiger charge is 2.43. The van der Waals surface area contributed by atoms with Crippen LogP contribution in [0.5, 0.6) is 0 Å². The molecule has 0 bridgehead atoms. The summed E-state index contributed by atoms with van der Waals surface area (Å²) in [5.41, 5.74) is 7.19. The van der Waals surface area contributed by atoms with E-state index < -0.39 is 74.4 Å². The van der Waals surface area contributed by atoms with Gasteiger partial charge in [0.1, 0.15) is 6.04 Å². The number of hydrogen-bond donors (Lipinski definition) is 3. The normalized spacial score (nSPS) is 16.4. The number of aliphatic imine (C=N–C) groups is 1. The number of carbonyl (C=O) groups is 4. The number of nitrogens with zero attached hydrogens (tertiary/aromatic N) is 4. The highest BCUT2D eigenvalue weighted by molar-refractivity contribution is 7.90. The molecule has 2 aromatic carbocycles. The monoisotopic (exact) mass is 761 g/mol. The van der Waals surface area contributed by atoms with Gasteiger partial charge in [0.2, 0.25) is 33.6 Å². The van der Waals surface area contributed by atoms with Gasteiger partial charge in [0.05, 0.1) is 36.8 Å². The number of guanidine groups is 1. The average Bonchev–Trinajstić information content (AvgIpc) is 3.63. The second kappa shape index (κ2) is 17.5. The lowest BCUT2D eigenvalue weighted by Crippen LogP contribution is -2.61. The number of aryl methyl sites for hydroxylation is 1. The van der Waals surface area contributed by atoms with E-state index in [1.165, 1.54) is 18.3 Å². The lowest BCUT2D eigenvalue weighted by atomic mass is 10.1. The van der Waals surface area contributed by atoms with Crippen LogP contribution in [0.1, 0.15) is 40.2 Å². The summed E-state index contributed by atoms with van der Waals surface area (Å²) in [6.45, 7) is 0.990. The van der Waals surface area contributed by atoms with E-state index >= 15 is 0 Å². The number of Topliss-reactive ketones (excluding diaryl/α,β-unsaturated/α-hetero) is 1. The molecule has 0 saturated carbocycles. The number of piperazine rings is 1. The second-order valence-corrected chi connectivity index (χ2v) is 16.1. The summed E-state index contributed by atoms with van der Waals surface area (Å²) in [6.07, 6.45) is 1.15. The molecule has 274 valence electrons. The van der Waals surface area contributed by atoms with E-state index in [1.807, 2.05) is 6.92 Å². The zero-order valence-corrected chi connectivity index (χ0v) is 30.4. The Labute approximate surface area is 300 Å². The third kappa shape index (κ3) is 10.9. The van der Waals surface area contributed by atoms with Crippen molar-refractivity contribution in [3.05, 3.63) is 82.3 Å². The second-order valence-electron chi connectivity index (χ2n) is 11.6. The van der Waals surface area contributed by atoms with Crippen LogP contribution in [-0.2, 0) is 44.9 Å². The topological polar surface area (TPSA) is 228 Å². The van der Waals surface area contributed by atoms with Crippen molar-refractivity contribution >= 4 is 60.9 Å². The lowest BCUT2D eigenvalue weighted by Gasteiger charge is -2.39. The first-order chi connectivity index (χ1) is 24.2. The Kier molecular flexibility index (Phi) is 13.4. The Morgan fingerprint density at radius 2 is 1.78 bits per heavy atom. The van der Waals surface area contributed by atoms with Crippen LogP contribution in [0.15, 0.2) is 76.1 Å². The number of amides is 2. The maximum absolute atomic E-state index is 13.6. The number of nitrogens with one attached hydrogen (secondary N) is 2. The number of benzene rings is 2. The van der Waals surface area contributed by atoms with Crippen LogP contribution in [-0.4, -0.2) is 106 Å². The van der Waals surface area contributed by atoms with E-state index in [9.17, 15) is 36.0 Å².